The second-order valence-corrected chi connectivity index (χ2v) is 6.54. The van der Waals surface area contributed by atoms with Gasteiger partial charge in [-0.1, -0.05) is 18.2 Å². The summed E-state index contributed by atoms with van der Waals surface area (Å²) in [6.45, 7) is 0. The summed E-state index contributed by atoms with van der Waals surface area (Å²) in [5.74, 6) is 1.21. The Balaban J connectivity index is 1.64. The minimum Gasteiger partial charge on any atom is -0.496 e. The van der Waals surface area contributed by atoms with Crippen LogP contribution >= 0.6 is 0 Å². The van der Waals surface area contributed by atoms with Crippen molar-refractivity contribution in [3.05, 3.63) is 96.3 Å². The zero-order valence-electron chi connectivity index (χ0n) is 16.2. The molecule has 0 spiro atoms. The smallest absolute Gasteiger partial charge is 0.252 e. The fraction of sp³-hybridized carbons (Fsp3) is 0.136. The quantitative estimate of drug-likeness (QED) is 0.552. The summed E-state index contributed by atoms with van der Waals surface area (Å²) in [7, 11) is 3.51. The molecule has 0 fully saturated rings. The van der Waals surface area contributed by atoms with Crippen LogP contribution in [-0.2, 0) is 7.05 Å². The second-order valence-electron chi connectivity index (χ2n) is 6.54. The predicted molar refractivity (Wildman–Crippen MR) is 109 cm³/mol. The Labute approximate surface area is 168 Å². The molecule has 2 heterocycles. The molecule has 1 N–H and O–H groups in total. The van der Waals surface area contributed by atoms with Crippen molar-refractivity contribution in [1.82, 2.24) is 24.6 Å². The summed E-state index contributed by atoms with van der Waals surface area (Å²) in [5.41, 5.74) is 2.28. The van der Waals surface area contributed by atoms with E-state index in [1.165, 1.54) is 0 Å². The zero-order chi connectivity index (χ0) is 20.2. The third kappa shape index (κ3) is 3.75. The van der Waals surface area contributed by atoms with Gasteiger partial charge in [0.05, 0.1) is 12.8 Å². The molecule has 0 saturated heterocycles. The van der Waals surface area contributed by atoms with Crippen molar-refractivity contribution in [2.75, 3.05) is 7.11 Å². The first-order chi connectivity index (χ1) is 14.2. The molecule has 0 bridgehead atoms. The highest BCUT2D eigenvalue weighted by Gasteiger charge is 2.24. The minimum absolute atomic E-state index is 0.198. The fourth-order valence-electron chi connectivity index (χ4n) is 3.24. The number of carbonyl (C=O) groups excluding carboxylic acids is 1. The molecule has 0 radical (unpaired) electrons. The first-order valence-electron chi connectivity index (χ1n) is 9.18. The summed E-state index contributed by atoms with van der Waals surface area (Å²) in [4.78, 5) is 17.5. The van der Waals surface area contributed by atoms with Gasteiger partial charge in [-0.25, -0.2) is 9.67 Å². The monoisotopic (exact) mass is 387 g/mol. The Morgan fingerprint density at radius 1 is 1.03 bits per heavy atom. The van der Waals surface area contributed by atoms with E-state index in [2.05, 4.69) is 15.4 Å². The van der Waals surface area contributed by atoms with Crippen molar-refractivity contribution in [2.24, 2.45) is 7.05 Å². The third-order valence-corrected chi connectivity index (χ3v) is 4.74. The molecule has 0 aliphatic rings. The predicted octanol–water partition coefficient (Wildman–Crippen LogP) is 3.13. The number of hydrogen-bond donors (Lipinski definition) is 1. The molecule has 1 unspecified atom stereocenters. The number of carbonyl (C=O) groups is 1. The summed E-state index contributed by atoms with van der Waals surface area (Å²) in [6.07, 6.45) is 7.13. The lowest BCUT2D eigenvalue weighted by Gasteiger charge is -2.21. The highest BCUT2D eigenvalue weighted by atomic mass is 16.5. The number of hydrogen-bond acceptors (Lipinski definition) is 4. The molecule has 2 aromatic carbocycles. The minimum atomic E-state index is -0.454. The lowest BCUT2D eigenvalue weighted by molar-refractivity contribution is 0.0941. The van der Waals surface area contributed by atoms with Gasteiger partial charge in [0.15, 0.2) is 0 Å². The van der Waals surface area contributed by atoms with Crippen LogP contribution in [-0.4, -0.2) is 32.3 Å². The van der Waals surface area contributed by atoms with Gasteiger partial charge < -0.3 is 14.6 Å². The summed E-state index contributed by atoms with van der Waals surface area (Å²) >= 11 is 0. The number of nitrogens with zero attached hydrogens (tertiary/aromatic N) is 4. The van der Waals surface area contributed by atoms with Crippen LogP contribution in [0.4, 0.5) is 0 Å². The molecule has 2 aromatic heterocycles. The molecular weight excluding hydrogens is 366 g/mol. The number of aromatic nitrogens is 4. The van der Waals surface area contributed by atoms with Crippen molar-refractivity contribution in [3.8, 4) is 11.4 Å². The van der Waals surface area contributed by atoms with Crippen LogP contribution in [0.5, 0.6) is 5.75 Å². The number of aryl methyl sites for hydroxylation is 1. The van der Waals surface area contributed by atoms with Gasteiger partial charge in [-0.05, 0) is 36.4 Å². The third-order valence-electron chi connectivity index (χ3n) is 4.74. The van der Waals surface area contributed by atoms with Gasteiger partial charge in [0, 0.05) is 43.0 Å². The Bertz CT molecular complexity index is 1100. The number of nitrogens with one attached hydrogen (secondary N) is 1. The number of benzene rings is 2. The molecule has 0 saturated carbocycles. The Morgan fingerprint density at radius 3 is 2.48 bits per heavy atom. The van der Waals surface area contributed by atoms with Gasteiger partial charge in [0.25, 0.3) is 5.91 Å². The maximum atomic E-state index is 13.0. The van der Waals surface area contributed by atoms with E-state index in [4.69, 9.17) is 4.74 Å². The molecule has 7 heteroatoms. The largest absolute Gasteiger partial charge is 0.496 e. The molecule has 146 valence electrons. The summed E-state index contributed by atoms with van der Waals surface area (Å²) in [5, 5.41) is 7.30. The standard InChI is InChI=1S/C22H21N5O2/c1-26-15-13-23-21(26)20(18-6-3-4-7-19(18)29-2)25-22(28)16-8-10-17(11-9-16)27-14-5-12-24-27/h3-15,20H,1-2H3,(H,25,28). The van der Waals surface area contributed by atoms with Gasteiger partial charge in [-0.15, -0.1) is 0 Å². The van der Waals surface area contributed by atoms with Crippen LogP contribution in [0.1, 0.15) is 27.8 Å². The SMILES string of the molecule is COc1ccccc1C(NC(=O)c1ccc(-n2cccn2)cc1)c1nccn1C. The fourth-order valence-corrected chi connectivity index (χ4v) is 3.24. The van der Waals surface area contributed by atoms with Crippen molar-refractivity contribution in [3.63, 3.8) is 0 Å². The van der Waals surface area contributed by atoms with E-state index < -0.39 is 6.04 Å². The van der Waals surface area contributed by atoms with Crippen LogP contribution in [0.25, 0.3) is 5.69 Å². The Hall–Kier alpha value is -3.87. The molecule has 1 amide bonds. The molecule has 0 aliphatic heterocycles. The number of methoxy groups -OCH3 is 1. The van der Waals surface area contributed by atoms with E-state index >= 15 is 0 Å². The van der Waals surface area contributed by atoms with Crippen LogP contribution in [0.2, 0.25) is 0 Å². The second kappa shape index (κ2) is 8.02. The average Bonchev–Trinajstić information content (AvgIpc) is 3.44. The summed E-state index contributed by atoms with van der Waals surface area (Å²) in [6, 6.07) is 16.3. The molecule has 4 rings (SSSR count). The van der Waals surface area contributed by atoms with Crippen LogP contribution in [0.15, 0.2) is 79.4 Å². The van der Waals surface area contributed by atoms with Crippen molar-refractivity contribution in [1.29, 1.82) is 0 Å². The first kappa shape index (κ1) is 18.5. The van der Waals surface area contributed by atoms with Crippen molar-refractivity contribution < 1.29 is 9.53 Å². The number of amides is 1. The average molecular weight is 387 g/mol. The zero-order valence-corrected chi connectivity index (χ0v) is 16.2. The van der Waals surface area contributed by atoms with E-state index in [0.29, 0.717) is 11.3 Å². The maximum absolute atomic E-state index is 13.0. The van der Waals surface area contributed by atoms with E-state index in [1.807, 2.05) is 66.5 Å². The normalized spacial score (nSPS) is 11.8. The molecule has 29 heavy (non-hydrogen) atoms. The molecule has 0 aliphatic carbocycles. The molecule has 7 nitrogen and oxygen atoms in total. The topological polar surface area (TPSA) is 74.0 Å². The molecule has 1 atom stereocenters. The lowest BCUT2D eigenvalue weighted by Crippen LogP contribution is -2.31. The van der Waals surface area contributed by atoms with Crippen LogP contribution in [0.3, 0.4) is 0 Å². The van der Waals surface area contributed by atoms with Crippen molar-refractivity contribution in [2.45, 2.75) is 6.04 Å². The molecular formula is C22H21N5O2. The van der Waals surface area contributed by atoms with E-state index in [1.54, 1.807) is 36.3 Å². The van der Waals surface area contributed by atoms with Gasteiger partial charge in [-0.3, -0.25) is 4.79 Å². The number of imidazole rings is 1. The first-order valence-corrected chi connectivity index (χ1v) is 9.18. The lowest BCUT2D eigenvalue weighted by atomic mass is 10.0. The van der Waals surface area contributed by atoms with E-state index in [-0.39, 0.29) is 5.91 Å². The summed E-state index contributed by atoms with van der Waals surface area (Å²) < 4.78 is 9.14. The Morgan fingerprint density at radius 2 is 1.83 bits per heavy atom. The highest BCUT2D eigenvalue weighted by Crippen LogP contribution is 2.29. The highest BCUT2D eigenvalue weighted by molar-refractivity contribution is 5.94. The van der Waals surface area contributed by atoms with E-state index in [0.717, 1.165) is 17.1 Å². The van der Waals surface area contributed by atoms with Gasteiger partial charge in [0.1, 0.15) is 17.6 Å². The van der Waals surface area contributed by atoms with E-state index in [9.17, 15) is 4.79 Å². The van der Waals surface area contributed by atoms with Gasteiger partial charge in [0.2, 0.25) is 0 Å². The van der Waals surface area contributed by atoms with Crippen LogP contribution in [0, 0.1) is 0 Å². The number of rotatable bonds is 6. The van der Waals surface area contributed by atoms with Gasteiger partial charge >= 0.3 is 0 Å². The van der Waals surface area contributed by atoms with Crippen molar-refractivity contribution >= 4 is 5.91 Å². The van der Waals surface area contributed by atoms with Crippen LogP contribution < -0.4 is 10.1 Å². The number of ether oxygens (including phenoxy) is 1. The number of para-hydroxylation sites is 1. The maximum Gasteiger partial charge on any atom is 0.252 e. The molecule has 4 aromatic rings. The Kier molecular flexibility index (Phi) is 5.11. The van der Waals surface area contributed by atoms with Gasteiger partial charge in [-0.2, -0.15) is 5.10 Å².